The van der Waals surface area contributed by atoms with Gasteiger partial charge in [-0.1, -0.05) is 111 Å². The van der Waals surface area contributed by atoms with Gasteiger partial charge in [-0.2, -0.15) is 0 Å². The third kappa shape index (κ3) is 38.2. The minimum atomic E-state index is -1.67. The zero-order valence-corrected chi connectivity index (χ0v) is 31.5. The molecule has 0 aromatic heterocycles. The first-order chi connectivity index (χ1) is 14.6. The molecule has 0 heterocycles. The van der Waals surface area contributed by atoms with Crippen LogP contribution in [0.5, 0.6) is 0 Å². The minimum absolute atomic E-state index is 0.424. The van der Waals surface area contributed by atoms with E-state index < -0.39 is 33.7 Å². The van der Waals surface area contributed by atoms with Crippen molar-refractivity contribution in [3.63, 3.8) is 0 Å². The van der Waals surface area contributed by atoms with Crippen molar-refractivity contribution < 1.29 is 13.3 Å². The Labute approximate surface area is 214 Å². The lowest BCUT2D eigenvalue weighted by Gasteiger charge is -2.19. The molecule has 0 amide bonds. The first-order valence-electron chi connectivity index (χ1n) is 13.3. The Hall–Kier alpha value is 0.964. The van der Waals surface area contributed by atoms with E-state index >= 15 is 0 Å². The SMILES string of the molecule is CC[SiH2]C.CC[SiH](C)OC.CC[Si](C)(C)CC.CC[Si](C)(C)CC.CC[Si](C)(OC)OC. The molecular weight excluding hydrogens is 477 g/mol. The number of hydrogen-bond acceptors (Lipinski definition) is 3. The molecule has 8 heteroatoms. The van der Waals surface area contributed by atoms with Crippen molar-refractivity contribution in [2.24, 2.45) is 0 Å². The first-order valence-corrected chi connectivity index (χ1v) is 27.5. The summed E-state index contributed by atoms with van der Waals surface area (Å²) in [6.45, 7) is 32.0. The lowest BCUT2D eigenvalue weighted by Crippen LogP contribution is -2.34. The van der Waals surface area contributed by atoms with Crippen LogP contribution < -0.4 is 0 Å². The van der Waals surface area contributed by atoms with Gasteiger partial charge in [0.2, 0.25) is 0 Å². The zero-order chi connectivity index (χ0) is 26.9. The highest BCUT2D eigenvalue weighted by molar-refractivity contribution is 6.77. The van der Waals surface area contributed by atoms with Crippen LogP contribution >= 0.6 is 0 Å². The fraction of sp³-hybridized carbons (Fsp3) is 1.00. The van der Waals surface area contributed by atoms with Gasteiger partial charge in [0.1, 0.15) is 0 Å². The van der Waals surface area contributed by atoms with Crippen molar-refractivity contribution >= 4 is 43.3 Å². The molecule has 32 heavy (non-hydrogen) atoms. The van der Waals surface area contributed by atoms with Crippen LogP contribution in [0.25, 0.3) is 0 Å². The van der Waals surface area contributed by atoms with Crippen LogP contribution in [0.4, 0.5) is 0 Å². The van der Waals surface area contributed by atoms with Crippen LogP contribution in [0.15, 0.2) is 0 Å². The standard InChI is InChI=1S/2C6H16Si.C5H14O2Si.C4H12OSi.C3H10Si/c2*1-5-7(3,4)6-2;1-5-8(4,6-2)7-3;1-4-6(3)5-2;1-3-4-2/h2*5-6H2,1-4H3;5H2,1-4H3;6H,4H2,1-3H3;3-4H2,1-2H3. The van der Waals surface area contributed by atoms with E-state index in [1.165, 1.54) is 36.3 Å². The summed E-state index contributed by atoms with van der Waals surface area (Å²) in [4.78, 5) is 0. The van der Waals surface area contributed by atoms with E-state index in [0.717, 1.165) is 6.04 Å². The maximum Gasteiger partial charge on any atom is 0.334 e. The lowest BCUT2D eigenvalue weighted by atomic mass is 10.9. The molecule has 0 saturated heterocycles. The highest BCUT2D eigenvalue weighted by Gasteiger charge is 2.24. The van der Waals surface area contributed by atoms with Crippen molar-refractivity contribution in [3.05, 3.63) is 0 Å². The average molecular weight is 545 g/mol. The van der Waals surface area contributed by atoms with Crippen LogP contribution in [0, 0.1) is 0 Å². The van der Waals surface area contributed by atoms with E-state index in [1.54, 1.807) is 21.3 Å². The molecule has 0 aromatic rings. The van der Waals surface area contributed by atoms with Gasteiger partial charge in [0.15, 0.2) is 9.04 Å². The molecule has 0 spiro atoms. The average Bonchev–Trinajstić information content (AvgIpc) is 2.84. The topological polar surface area (TPSA) is 27.7 Å². The summed E-state index contributed by atoms with van der Waals surface area (Å²) in [6, 6.07) is 9.45. The van der Waals surface area contributed by atoms with Gasteiger partial charge >= 0.3 is 8.56 Å². The first kappa shape index (κ1) is 43.1. The third-order valence-corrected chi connectivity index (χ3v) is 20.4. The monoisotopic (exact) mass is 544 g/mol. The molecule has 0 fully saturated rings. The predicted molar refractivity (Wildman–Crippen MR) is 168 cm³/mol. The second-order valence-corrected chi connectivity index (χ2v) is 30.3. The fourth-order valence-electron chi connectivity index (χ4n) is 1.04. The van der Waals surface area contributed by atoms with Gasteiger partial charge in [0.05, 0.1) is 0 Å². The van der Waals surface area contributed by atoms with Crippen LogP contribution in [-0.4, -0.2) is 64.6 Å². The van der Waals surface area contributed by atoms with Crippen molar-refractivity contribution in [2.75, 3.05) is 21.3 Å². The smallest absolute Gasteiger partial charge is 0.334 e. The summed E-state index contributed by atoms with van der Waals surface area (Å²) in [5, 5.41) is 0. The second-order valence-electron chi connectivity index (χ2n) is 10.1. The number of hydrogen-bond donors (Lipinski definition) is 0. The van der Waals surface area contributed by atoms with Crippen LogP contribution in [-0.2, 0) is 13.3 Å². The molecule has 0 radical (unpaired) electrons. The van der Waals surface area contributed by atoms with Crippen molar-refractivity contribution in [2.45, 2.75) is 137 Å². The van der Waals surface area contributed by atoms with Gasteiger partial charge in [0.25, 0.3) is 0 Å². The van der Waals surface area contributed by atoms with Crippen molar-refractivity contribution in [3.8, 4) is 0 Å². The molecule has 0 rings (SSSR count). The molecule has 0 aliphatic carbocycles. The summed E-state index contributed by atoms with van der Waals surface area (Å²) < 4.78 is 15.3. The molecule has 0 aromatic carbocycles. The quantitative estimate of drug-likeness (QED) is 0.258. The van der Waals surface area contributed by atoms with Gasteiger partial charge in [-0.15, -0.1) is 0 Å². The van der Waals surface area contributed by atoms with E-state index in [2.05, 4.69) is 87.7 Å². The molecule has 0 bridgehead atoms. The van der Waals surface area contributed by atoms with E-state index in [0.29, 0.717) is 9.52 Å². The highest BCUT2D eigenvalue weighted by atomic mass is 28.4. The molecular formula is C24H68O3Si5. The molecule has 3 nitrogen and oxygen atoms in total. The van der Waals surface area contributed by atoms with E-state index in [1.807, 2.05) is 6.55 Å². The van der Waals surface area contributed by atoms with E-state index in [9.17, 15) is 0 Å². The summed E-state index contributed by atoms with van der Waals surface area (Å²) in [7, 11) is 2.00. The lowest BCUT2D eigenvalue weighted by molar-refractivity contribution is 0.251. The summed E-state index contributed by atoms with van der Waals surface area (Å²) in [5.41, 5.74) is 0. The Morgan fingerprint density at radius 2 is 0.906 bits per heavy atom. The summed E-state index contributed by atoms with van der Waals surface area (Å²) in [5.74, 6) is 0. The maximum absolute atomic E-state index is 5.15. The Morgan fingerprint density at radius 3 is 0.906 bits per heavy atom. The van der Waals surface area contributed by atoms with E-state index in [-0.39, 0.29) is 0 Å². The normalized spacial score (nSPS) is 12.3. The highest BCUT2D eigenvalue weighted by Crippen LogP contribution is 2.12. The van der Waals surface area contributed by atoms with E-state index in [4.69, 9.17) is 13.3 Å². The molecule has 0 aliphatic rings. The Morgan fingerprint density at radius 1 is 0.625 bits per heavy atom. The van der Waals surface area contributed by atoms with Gasteiger partial charge in [-0.05, 0) is 25.2 Å². The zero-order valence-electron chi connectivity index (χ0n) is 26.0. The molecule has 0 N–H and O–H groups in total. The third-order valence-electron chi connectivity index (χ3n) is 6.81. The Bertz CT molecular complexity index is 297. The molecule has 1 atom stereocenters. The minimum Gasteiger partial charge on any atom is -0.423 e. The van der Waals surface area contributed by atoms with Crippen LogP contribution in [0.1, 0.15) is 48.5 Å². The van der Waals surface area contributed by atoms with Crippen LogP contribution in [0.3, 0.4) is 0 Å². The molecule has 0 aliphatic heterocycles. The molecule has 0 saturated carbocycles. The predicted octanol–water partition coefficient (Wildman–Crippen LogP) is 8.49. The van der Waals surface area contributed by atoms with Crippen LogP contribution in [0.2, 0.25) is 88.1 Å². The summed E-state index contributed by atoms with van der Waals surface area (Å²) in [6.07, 6.45) is 0. The van der Waals surface area contributed by atoms with Gasteiger partial charge in [-0.3, -0.25) is 0 Å². The second kappa shape index (κ2) is 28.2. The van der Waals surface area contributed by atoms with Gasteiger partial charge in [-0.25, -0.2) is 0 Å². The molecule has 1 unspecified atom stereocenters. The Kier molecular flexibility index (Phi) is 38.0. The maximum atomic E-state index is 5.15. The van der Waals surface area contributed by atoms with Crippen molar-refractivity contribution in [1.29, 1.82) is 0 Å². The molecule has 202 valence electrons. The fourth-order valence-corrected chi connectivity index (χ4v) is 3.12. The van der Waals surface area contributed by atoms with Gasteiger partial charge in [0, 0.05) is 47.0 Å². The summed E-state index contributed by atoms with van der Waals surface area (Å²) >= 11 is 0. The Balaban J connectivity index is -0.0000000964. The van der Waals surface area contributed by atoms with Gasteiger partial charge < -0.3 is 13.3 Å². The largest absolute Gasteiger partial charge is 0.423 e. The number of rotatable bonds is 10. The van der Waals surface area contributed by atoms with Crippen molar-refractivity contribution in [1.82, 2.24) is 0 Å².